The van der Waals surface area contributed by atoms with Crippen LogP contribution >= 0.6 is 0 Å². The molecule has 1 aromatic carbocycles. The third-order valence-corrected chi connectivity index (χ3v) is 17.4. The van der Waals surface area contributed by atoms with Crippen LogP contribution in [0.4, 0.5) is 0 Å². The van der Waals surface area contributed by atoms with E-state index in [4.69, 9.17) is 38.3 Å². The summed E-state index contributed by atoms with van der Waals surface area (Å²) in [6, 6.07) is 3.24. The number of aliphatic hydroxyl groups is 3. The minimum Gasteiger partial charge on any atom is -0.550 e. The molecule has 6 aliphatic rings. The second-order valence-electron chi connectivity index (χ2n) is 22.7. The molecule has 0 aromatic heterocycles. The fourth-order valence-electron chi connectivity index (χ4n) is 12.6. The Kier molecular flexibility index (Phi) is 19.7. The van der Waals surface area contributed by atoms with Gasteiger partial charge in [-0.25, -0.2) is 4.79 Å². The molecule has 0 aliphatic carbocycles. The number of rotatable bonds is 14. The van der Waals surface area contributed by atoms with Gasteiger partial charge in [-0.05, 0) is 134 Å². The maximum Gasteiger partial charge on any atom is 1.00 e. The zero-order chi connectivity index (χ0) is 51.9. The van der Waals surface area contributed by atoms with Gasteiger partial charge in [-0.1, -0.05) is 55.4 Å². The first-order chi connectivity index (χ1) is 32.7. The molecule has 0 bridgehead atoms. The molecular formula is C55H85NaO15. The Bertz CT molecular complexity index is 2050. The molecule has 15 nitrogen and oxygen atoms in total. The summed E-state index contributed by atoms with van der Waals surface area (Å²) >= 11 is 0. The quantitative estimate of drug-likeness (QED) is 0.150. The van der Waals surface area contributed by atoms with Crippen LogP contribution in [0.25, 0.3) is 0 Å². The number of fused-ring (bicyclic) bond motifs is 1. The summed E-state index contributed by atoms with van der Waals surface area (Å²) in [6.07, 6.45) is 6.84. The van der Waals surface area contributed by atoms with Crippen molar-refractivity contribution in [3.05, 3.63) is 35.4 Å². The predicted molar refractivity (Wildman–Crippen MR) is 259 cm³/mol. The molecule has 0 amide bonds. The van der Waals surface area contributed by atoms with Crippen molar-refractivity contribution < 1.29 is 103 Å². The van der Waals surface area contributed by atoms with Gasteiger partial charge < -0.3 is 63.5 Å². The topological polar surface area (TPSA) is 220 Å². The average Bonchev–Trinajstić information content (AvgIpc) is 3.66. The first kappa shape index (κ1) is 59.7. The number of carbonyl (C=O) groups is 3. The van der Waals surface area contributed by atoms with E-state index < -0.39 is 88.9 Å². The summed E-state index contributed by atoms with van der Waals surface area (Å²) < 4.78 is 44.5. The van der Waals surface area contributed by atoms with Crippen LogP contribution in [-0.4, -0.2) is 116 Å². The van der Waals surface area contributed by atoms with Gasteiger partial charge >= 0.3 is 35.5 Å². The molecule has 6 aliphatic heterocycles. The Morgan fingerprint density at radius 3 is 2.15 bits per heavy atom. The van der Waals surface area contributed by atoms with Gasteiger partial charge in [-0.2, -0.15) is 0 Å². The fourth-order valence-corrected chi connectivity index (χ4v) is 12.6. The fraction of sp³-hybridized carbons (Fsp3) is 0.800. The molecule has 1 aromatic rings. The van der Waals surface area contributed by atoms with Crippen molar-refractivity contribution in [1.82, 2.24) is 0 Å². The number of methoxy groups -OCH3 is 1. The van der Waals surface area contributed by atoms with E-state index in [-0.39, 0.29) is 76.5 Å². The largest absolute Gasteiger partial charge is 1.00 e. The standard InChI is InChI=1S/C42H70O11.C13H16O4.Na/c1-11-29(38(46)47)31-15-14-23(4)36(50-31)27(8)34(44)26(7)35(45)30(12-2)37-24(5)22-25(6)41(51-37)19-16-32(43)42(53-41)21-20-39(10,52-42)33-17-18-40(48,13-3)28(9)49-33;1-13(2)7-6-8-10(17-13)5-4-9(12(14)15)11(8)16-3;/h16,19,23-34,36-37,43-44,48H,11-15,17-18,20-22H2,1-10H3,(H,46,47);4-5H,6-7H2,1-3H3,(H,14,15);/q;;+1/p-1. The number of benzene rings is 1. The summed E-state index contributed by atoms with van der Waals surface area (Å²) in [6.45, 7) is 23.5. The molecule has 18 atom stereocenters. The molecule has 4 N–H and O–H groups in total. The van der Waals surface area contributed by atoms with Crippen LogP contribution < -0.4 is 44.1 Å². The van der Waals surface area contributed by atoms with Gasteiger partial charge in [-0.3, -0.25) is 4.79 Å². The van der Waals surface area contributed by atoms with E-state index in [1.807, 2.05) is 55.4 Å². The van der Waals surface area contributed by atoms with Gasteiger partial charge in [0, 0.05) is 47.5 Å². The van der Waals surface area contributed by atoms with Crippen molar-refractivity contribution in [1.29, 1.82) is 0 Å². The van der Waals surface area contributed by atoms with Crippen LogP contribution in [0.5, 0.6) is 11.5 Å². The van der Waals surface area contributed by atoms with Crippen LogP contribution in [0, 0.1) is 41.4 Å². The Labute approximate surface area is 444 Å². The molecule has 4 fully saturated rings. The molecule has 7 rings (SSSR count). The number of ketones is 1. The number of carboxylic acids is 2. The van der Waals surface area contributed by atoms with Crippen molar-refractivity contribution in [3.8, 4) is 11.5 Å². The summed E-state index contributed by atoms with van der Waals surface area (Å²) in [7, 11) is 1.49. The van der Waals surface area contributed by atoms with E-state index >= 15 is 0 Å². The van der Waals surface area contributed by atoms with Crippen LogP contribution in [0.1, 0.15) is 170 Å². The van der Waals surface area contributed by atoms with Crippen molar-refractivity contribution in [2.24, 2.45) is 41.4 Å². The minimum atomic E-state index is -1.37. The first-order valence-corrected chi connectivity index (χ1v) is 26.3. The Hall–Kier alpha value is -2.15. The summed E-state index contributed by atoms with van der Waals surface area (Å²) in [5, 5.41) is 55.1. The average molecular weight is 1010 g/mol. The number of aliphatic hydroxyl groups excluding tert-OH is 2. The summed E-state index contributed by atoms with van der Waals surface area (Å²) in [4.78, 5) is 37.3. The van der Waals surface area contributed by atoms with Crippen LogP contribution in [0.15, 0.2) is 24.3 Å². The smallest absolute Gasteiger partial charge is 0.550 e. The Morgan fingerprint density at radius 2 is 1.56 bits per heavy atom. The Morgan fingerprint density at radius 1 is 0.887 bits per heavy atom. The summed E-state index contributed by atoms with van der Waals surface area (Å²) in [5.41, 5.74) is -0.799. The maximum atomic E-state index is 14.4. The number of carbonyl (C=O) groups excluding carboxylic acids is 2. The molecule has 6 heterocycles. The van der Waals surface area contributed by atoms with Gasteiger partial charge in [0.05, 0.1) is 54.9 Å². The van der Waals surface area contributed by atoms with Gasteiger partial charge in [0.2, 0.25) is 5.79 Å². The summed E-state index contributed by atoms with van der Waals surface area (Å²) in [5.74, 6) is -6.07. The molecule has 396 valence electrons. The van der Waals surface area contributed by atoms with E-state index in [9.17, 15) is 34.8 Å². The van der Waals surface area contributed by atoms with Crippen molar-refractivity contribution in [3.63, 3.8) is 0 Å². The van der Waals surface area contributed by atoms with E-state index in [1.54, 1.807) is 25.1 Å². The van der Waals surface area contributed by atoms with E-state index in [1.165, 1.54) is 13.2 Å². The molecular weight excluding hydrogens is 924 g/mol. The minimum absolute atomic E-state index is 0. The second kappa shape index (κ2) is 23.4. The zero-order valence-corrected chi connectivity index (χ0v) is 47.2. The van der Waals surface area contributed by atoms with Gasteiger partial charge in [0.25, 0.3) is 0 Å². The number of Topliss-reactive ketones (excluding diaryl/α,β-unsaturated/α-hetero) is 1. The molecule has 2 spiro atoms. The third-order valence-electron chi connectivity index (χ3n) is 17.4. The molecule has 0 saturated carbocycles. The van der Waals surface area contributed by atoms with E-state index in [0.717, 1.165) is 30.6 Å². The van der Waals surface area contributed by atoms with Gasteiger partial charge in [0.1, 0.15) is 34.6 Å². The first-order valence-electron chi connectivity index (χ1n) is 26.3. The van der Waals surface area contributed by atoms with Crippen molar-refractivity contribution in [2.75, 3.05) is 7.11 Å². The number of hydrogen-bond donors (Lipinski definition) is 4. The number of ether oxygens (including phenoxy) is 7. The van der Waals surface area contributed by atoms with Gasteiger partial charge in [0.15, 0.2) is 5.79 Å². The molecule has 18 unspecified atom stereocenters. The normalized spacial score (nSPS) is 38.5. The number of aromatic carboxylic acids is 1. The molecule has 16 heteroatoms. The SMILES string of the molecule is CCC(C(=O)[O-])C1CCC(C)C(C(C)C(O)C(C)C(=O)C(CC)C2OC3(C=CC(O)C4(CCC(C)(C5CCC(O)(CC)C(C)O5)O4)O3)C(C)CC2C)O1.COc1c(C(=O)O)ccc2c1CCC(C)(C)O2.[Na+]. The number of aliphatic carboxylic acids is 1. The molecule has 71 heavy (non-hydrogen) atoms. The Balaban J connectivity index is 0.000000437. The molecule has 0 radical (unpaired) electrons. The van der Waals surface area contributed by atoms with Crippen LogP contribution in [-0.2, 0) is 39.7 Å². The number of carboxylic acid groups (broad SMARTS) is 2. The van der Waals surface area contributed by atoms with E-state index in [0.29, 0.717) is 63.5 Å². The van der Waals surface area contributed by atoms with Crippen LogP contribution in [0.3, 0.4) is 0 Å². The second-order valence-corrected chi connectivity index (χ2v) is 22.7. The van der Waals surface area contributed by atoms with Crippen molar-refractivity contribution >= 4 is 17.7 Å². The molecule has 4 saturated heterocycles. The zero-order valence-electron chi connectivity index (χ0n) is 45.2. The third kappa shape index (κ3) is 12.1. The van der Waals surface area contributed by atoms with E-state index in [2.05, 4.69) is 20.8 Å². The monoisotopic (exact) mass is 1010 g/mol. The van der Waals surface area contributed by atoms with Crippen LogP contribution in [0.2, 0.25) is 0 Å². The maximum absolute atomic E-state index is 14.4. The van der Waals surface area contributed by atoms with Gasteiger partial charge in [-0.15, -0.1) is 0 Å². The predicted octanol–water partition coefficient (Wildman–Crippen LogP) is 4.35. The number of hydrogen-bond acceptors (Lipinski definition) is 14. The van der Waals surface area contributed by atoms with Crippen molar-refractivity contribution in [2.45, 2.75) is 231 Å².